The lowest BCUT2D eigenvalue weighted by atomic mass is 10.1. The number of carbonyl (C=O) groups excluding carboxylic acids is 1. The fourth-order valence-electron chi connectivity index (χ4n) is 0.918. The highest BCUT2D eigenvalue weighted by Gasteiger charge is 2.14. The molecule has 82 valence electrons. The number of esters is 1. The maximum Gasteiger partial charge on any atom is 0.322 e. The van der Waals surface area contributed by atoms with Gasteiger partial charge in [0.25, 0.3) is 0 Å². The van der Waals surface area contributed by atoms with Crippen LogP contribution in [-0.2, 0) is 15.9 Å². The van der Waals surface area contributed by atoms with Crippen LogP contribution >= 0.6 is 0 Å². The molecule has 0 saturated carbocycles. The lowest BCUT2D eigenvalue weighted by Gasteiger charge is -2.09. The van der Waals surface area contributed by atoms with Gasteiger partial charge in [0.15, 0.2) is 11.5 Å². The summed E-state index contributed by atoms with van der Waals surface area (Å²) in [6.07, 6.45) is -2.61. The topological polar surface area (TPSA) is 92.8 Å². The zero-order chi connectivity index (χ0) is 14.1. The van der Waals surface area contributed by atoms with Gasteiger partial charge in [0.2, 0.25) is 0 Å². The molecule has 0 fully saturated rings. The predicted molar refractivity (Wildman–Crippen MR) is 53.5 cm³/mol. The molecule has 0 heterocycles. The van der Waals surface area contributed by atoms with E-state index in [-0.39, 0.29) is 5.56 Å². The Morgan fingerprint density at radius 2 is 2.33 bits per heavy atom. The van der Waals surface area contributed by atoms with Crippen molar-refractivity contribution in [3.05, 3.63) is 23.8 Å². The summed E-state index contributed by atoms with van der Waals surface area (Å²) in [4.78, 5) is 11.3. The molecule has 0 spiro atoms. The molecule has 0 aliphatic heterocycles. The fraction of sp³-hybridized carbons (Fsp3) is 0.300. The molecule has 5 heteroatoms. The zero-order valence-corrected chi connectivity index (χ0v) is 8.02. The number of nitrogens with two attached hydrogens (primary N) is 1. The molecule has 0 aromatic heterocycles. The molecule has 0 aliphatic rings. The van der Waals surface area contributed by atoms with Crippen LogP contribution in [0.2, 0.25) is 0 Å². The minimum Gasteiger partial charge on any atom is -0.504 e. The molecule has 1 atom stereocenters. The average molecular weight is 214 g/mol. The predicted octanol–water partition coefficient (Wildman–Crippen LogP) is 0.141. The first kappa shape index (κ1) is 7.53. The molecule has 15 heavy (non-hydrogen) atoms. The number of rotatable bonds is 3. The Kier molecular flexibility index (Phi) is 2.34. The summed E-state index contributed by atoms with van der Waals surface area (Å²) in [5, 5.41) is 18.4. The molecule has 0 saturated heterocycles. The quantitative estimate of drug-likeness (QED) is 0.491. The molecular weight excluding hydrogens is 198 g/mol. The second-order valence-electron chi connectivity index (χ2n) is 2.73. The number of phenols is 2. The fourth-order valence-corrected chi connectivity index (χ4v) is 0.918. The maximum absolute atomic E-state index is 11.3. The van der Waals surface area contributed by atoms with E-state index in [9.17, 15) is 9.90 Å². The van der Waals surface area contributed by atoms with Gasteiger partial charge in [-0.25, -0.2) is 0 Å². The first-order valence-electron chi connectivity index (χ1n) is 5.54. The molecule has 1 aromatic rings. The highest BCUT2D eigenvalue weighted by atomic mass is 16.5. The van der Waals surface area contributed by atoms with Crippen molar-refractivity contribution in [3.63, 3.8) is 0 Å². The minimum absolute atomic E-state index is 0.222. The van der Waals surface area contributed by atoms with E-state index in [1.54, 1.807) is 0 Å². The van der Waals surface area contributed by atoms with E-state index in [2.05, 4.69) is 4.74 Å². The van der Waals surface area contributed by atoms with Crippen molar-refractivity contribution in [2.75, 3.05) is 7.11 Å². The van der Waals surface area contributed by atoms with Crippen LogP contribution in [0.15, 0.2) is 18.2 Å². The highest BCUT2D eigenvalue weighted by Crippen LogP contribution is 2.25. The molecule has 1 rings (SSSR count). The third-order valence-corrected chi connectivity index (χ3v) is 1.66. The second kappa shape index (κ2) is 4.65. The number of methoxy groups -OCH3 is 1. The number of hydrogen-bond acceptors (Lipinski definition) is 5. The van der Waals surface area contributed by atoms with Crippen molar-refractivity contribution in [3.8, 4) is 11.5 Å². The van der Waals surface area contributed by atoms with Gasteiger partial charge in [0, 0.05) is 2.74 Å². The summed E-state index contributed by atoms with van der Waals surface area (Å²) in [5.41, 5.74) is 5.12. The summed E-state index contributed by atoms with van der Waals surface area (Å²) < 4.78 is 27.3. The molecular formula is C10H13NO4. The standard InChI is InChI=1S/C10H13NO4/c1-15-10(14)7(11)4-6-2-3-8(12)9(13)5-6/h2-3,5,7,12-13H,4,11H2,1H3/t7-/m1/s1/i4D2,7D. The van der Waals surface area contributed by atoms with Gasteiger partial charge in [0.05, 0.1) is 8.48 Å². The summed E-state index contributed by atoms with van der Waals surface area (Å²) in [6.45, 7) is 0. The summed E-state index contributed by atoms with van der Waals surface area (Å²) in [7, 11) is 0.989. The Balaban J connectivity index is 3.27. The average Bonchev–Trinajstić information content (AvgIpc) is 2.31. The zero-order valence-electron chi connectivity index (χ0n) is 11.0. The lowest BCUT2D eigenvalue weighted by molar-refractivity contribution is -0.142. The minimum atomic E-state index is -2.68. The molecule has 0 unspecified atom stereocenters. The van der Waals surface area contributed by atoms with Crippen molar-refractivity contribution >= 4 is 5.97 Å². The van der Waals surface area contributed by atoms with Gasteiger partial charge in [-0.1, -0.05) is 6.07 Å². The van der Waals surface area contributed by atoms with E-state index in [1.165, 1.54) is 0 Å². The molecule has 4 N–H and O–H groups in total. The van der Waals surface area contributed by atoms with E-state index in [4.69, 9.17) is 15.0 Å². The van der Waals surface area contributed by atoms with Crippen LogP contribution in [0, 0.1) is 0 Å². The first-order chi connectivity index (χ1) is 8.14. The van der Waals surface area contributed by atoms with E-state index >= 15 is 0 Å². The number of phenolic OH excluding ortho intramolecular Hbond substituents is 2. The Hall–Kier alpha value is -1.75. The van der Waals surface area contributed by atoms with Gasteiger partial charge in [-0.15, -0.1) is 0 Å². The molecule has 1 aromatic carbocycles. The highest BCUT2D eigenvalue weighted by molar-refractivity contribution is 5.75. The molecule has 0 amide bonds. The summed E-state index contributed by atoms with van der Waals surface area (Å²) in [6, 6.07) is 0.379. The van der Waals surface area contributed by atoms with Gasteiger partial charge in [-0.05, 0) is 24.1 Å². The Morgan fingerprint density at radius 3 is 2.87 bits per heavy atom. The third kappa shape index (κ3) is 2.85. The molecule has 5 nitrogen and oxygen atoms in total. The maximum atomic E-state index is 11.3. The van der Waals surface area contributed by atoms with Gasteiger partial charge >= 0.3 is 5.97 Å². The van der Waals surface area contributed by atoms with Crippen molar-refractivity contribution < 1.29 is 23.9 Å². The summed E-state index contributed by atoms with van der Waals surface area (Å²) in [5.74, 6) is -2.27. The Labute approximate surface area is 91.3 Å². The normalized spacial score (nSPS) is 18.1. The van der Waals surface area contributed by atoms with Crippen LogP contribution in [0.4, 0.5) is 0 Å². The number of carbonyl (C=O) groups is 1. The first-order valence-corrected chi connectivity index (χ1v) is 4.04. The van der Waals surface area contributed by atoms with Crippen LogP contribution in [-0.4, -0.2) is 29.3 Å². The van der Waals surface area contributed by atoms with E-state index in [1.807, 2.05) is 0 Å². The largest absolute Gasteiger partial charge is 0.504 e. The van der Waals surface area contributed by atoms with E-state index in [0.717, 1.165) is 25.3 Å². The van der Waals surface area contributed by atoms with Crippen LogP contribution < -0.4 is 5.73 Å². The van der Waals surface area contributed by atoms with Crippen LogP contribution in [0.3, 0.4) is 0 Å². The van der Waals surface area contributed by atoms with Crippen LogP contribution in [0.5, 0.6) is 11.5 Å². The van der Waals surface area contributed by atoms with Crippen molar-refractivity contribution in [2.45, 2.75) is 12.4 Å². The van der Waals surface area contributed by atoms with E-state index < -0.39 is 29.9 Å². The SMILES string of the molecule is [2H]C([2H])(c1ccc(O)c(O)c1)[C@@]([2H])(N)C(=O)OC. The van der Waals surface area contributed by atoms with Crippen molar-refractivity contribution in [1.82, 2.24) is 0 Å². The van der Waals surface area contributed by atoms with Gasteiger partial charge in [0.1, 0.15) is 6.02 Å². The molecule has 0 bridgehead atoms. The number of hydrogen-bond donors (Lipinski definition) is 3. The monoisotopic (exact) mass is 214 g/mol. The molecule has 0 aliphatic carbocycles. The lowest BCUT2D eigenvalue weighted by Crippen LogP contribution is -2.33. The van der Waals surface area contributed by atoms with Crippen molar-refractivity contribution in [1.29, 1.82) is 0 Å². The Morgan fingerprint density at radius 1 is 1.67 bits per heavy atom. The number of benzene rings is 1. The second-order valence-corrected chi connectivity index (χ2v) is 2.73. The summed E-state index contributed by atoms with van der Waals surface area (Å²) >= 11 is 0. The number of aromatic hydroxyl groups is 2. The Bertz CT molecular complexity index is 476. The van der Waals surface area contributed by atoms with Gasteiger partial charge in [-0.2, -0.15) is 0 Å². The van der Waals surface area contributed by atoms with Gasteiger partial charge in [-0.3, -0.25) is 4.79 Å². The number of ether oxygens (including phenoxy) is 1. The third-order valence-electron chi connectivity index (χ3n) is 1.66. The van der Waals surface area contributed by atoms with E-state index in [0.29, 0.717) is 0 Å². The van der Waals surface area contributed by atoms with Crippen LogP contribution in [0.25, 0.3) is 0 Å². The van der Waals surface area contributed by atoms with Crippen LogP contribution in [0.1, 0.15) is 9.68 Å². The smallest absolute Gasteiger partial charge is 0.322 e. The molecule has 0 radical (unpaired) electrons. The van der Waals surface area contributed by atoms with Gasteiger partial charge < -0.3 is 20.7 Å². The van der Waals surface area contributed by atoms with Crippen molar-refractivity contribution in [2.24, 2.45) is 5.73 Å².